The van der Waals surface area contributed by atoms with E-state index in [9.17, 15) is 4.79 Å². The second-order valence-electron chi connectivity index (χ2n) is 5.60. The van der Waals surface area contributed by atoms with Crippen LogP contribution in [0, 0.1) is 20.8 Å². The lowest BCUT2D eigenvalue weighted by Crippen LogP contribution is -2.21. The molecule has 1 amide bonds. The Morgan fingerprint density at radius 3 is 2.04 bits per heavy atom. The van der Waals surface area contributed by atoms with E-state index in [1.54, 1.807) is 32.4 Å². The summed E-state index contributed by atoms with van der Waals surface area (Å²) in [7, 11) is 3.08. The third-order valence-electron chi connectivity index (χ3n) is 3.67. The first kappa shape index (κ1) is 17.7. The van der Waals surface area contributed by atoms with Crippen molar-refractivity contribution < 1.29 is 19.0 Å². The number of hydrogen-bond acceptors (Lipinski definition) is 4. The van der Waals surface area contributed by atoms with Gasteiger partial charge in [-0.2, -0.15) is 0 Å². The second-order valence-corrected chi connectivity index (χ2v) is 5.60. The van der Waals surface area contributed by atoms with Crippen molar-refractivity contribution in [1.82, 2.24) is 0 Å². The molecule has 0 aliphatic carbocycles. The number of para-hydroxylation sites is 1. The van der Waals surface area contributed by atoms with Gasteiger partial charge in [-0.05, 0) is 44.0 Å². The molecular formula is C19H23NO4. The molecule has 5 nitrogen and oxygen atoms in total. The van der Waals surface area contributed by atoms with Crippen molar-refractivity contribution >= 4 is 11.6 Å². The van der Waals surface area contributed by atoms with Gasteiger partial charge in [-0.1, -0.05) is 23.8 Å². The highest BCUT2D eigenvalue weighted by molar-refractivity contribution is 5.93. The molecule has 2 aromatic carbocycles. The lowest BCUT2D eigenvalue weighted by atomic mass is 10.1. The highest BCUT2D eigenvalue weighted by Crippen LogP contribution is 2.36. The van der Waals surface area contributed by atoms with Crippen LogP contribution in [-0.2, 0) is 4.79 Å². The van der Waals surface area contributed by atoms with E-state index in [-0.39, 0.29) is 12.5 Å². The van der Waals surface area contributed by atoms with E-state index in [0.717, 1.165) is 22.4 Å². The van der Waals surface area contributed by atoms with Crippen molar-refractivity contribution in [2.45, 2.75) is 20.8 Å². The van der Waals surface area contributed by atoms with Gasteiger partial charge < -0.3 is 19.5 Å². The van der Waals surface area contributed by atoms with Crippen molar-refractivity contribution in [3.63, 3.8) is 0 Å². The molecule has 24 heavy (non-hydrogen) atoms. The number of amides is 1. The first-order chi connectivity index (χ1) is 11.5. The standard InChI is InChI=1S/C19H23NO4/c1-12-9-13(2)18(14(3)10-12)20-17(21)11-24-19-15(22-4)7-6-8-16(19)23-5/h6-10H,11H2,1-5H3,(H,20,21). The lowest BCUT2D eigenvalue weighted by Gasteiger charge is -2.15. The average Bonchev–Trinajstić information content (AvgIpc) is 2.55. The van der Waals surface area contributed by atoms with Gasteiger partial charge in [-0.3, -0.25) is 4.79 Å². The van der Waals surface area contributed by atoms with Crippen LogP contribution in [0.5, 0.6) is 17.2 Å². The Balaban J connectivity index is 2.10. The summed E-state index contributed by atoms with van der Waals surface area (Å²) in [5.41, 5.74) is 4.03. The molecule has 0 spiro atoms. The van der Waals surface area contributed by atoms with Gasteiger partial charge in [0.15, 0.2) is 18.1 Å². The van der Waals surface area contributed by atoms with Gasteiger partial charge in [0, 0.05) is 5.69 Å². The predicted octanol–water partition coefficient (Wildman–Crippen LogP) is 3.65. The highest BCUT2D eigenvalue weighted by atomic mass is 16.5. The molecule has 0 saturated carbocycles. The van der Waals surface area contributed by atoms with Gasteiger partial charge in [-0.25, -0.2) is 0 Å². The molecule has 0 aromatic heterocycles. The van der Waals surface area contributed by atoms with Crippen LogP contribution < -0.4 is 19.5 Å². The first-order valence-electron chi connectivity index (χ1n) is 7.67. The van der Waals surface area contributed by atoms with Crippen molar-refractivity contribution in [1.29, 1.82) is 0 Å². The Morgan fingerprint density at radius 1 is 1.00 bits per heavy atom. The average molecular weight is 329 g/mol. The van der Waals surface area contributed by atoms with Crippen LogP contribution in [-0.4, -0.2) is 26.7 Å². The van der Waals surface area contributed by atoms with Gasteiger partial charge in [0.05, 0.1) is 14.2 Å². The number of methoxy groups -OCH3 is 2. The molecule has 0 heterocycles. The summed E-state index contributed by atoms with van der Waals surface area (Å²) in [6, 6.07) is 9.37. The fourth-order valence-electron chi connectivity index (χ4n) is 2.65. The maximum Gasteiger partial charge on any atom is 0.262 e. The summed E-state index contributed by atoms with van der Waals surface area (Å²) in [4.78, 5) is 12.3. The number of rotatable bonds is 6. The Labute approximate surface area is 142 Å². The van der Waals surface area contributed by atoms with E-state index in [1.165, 1.54) is 0 Å². The number of aryl methyl sites for hydroxylation is 3. The second kappa shape index (κ2) is 7.73. The summed E-state index contributed by atoms with van der Waals surface area (Å²) >= 11 is 0. The monoisotopic (exact) mass is 329 g/mol. The number of anilines is 1. The van der Waals surface area contributed by atoms with Crippen molar-refractivity contribution in [3.05, 3.63) is 47.0 Å². The summed E-state index contributed by atoms with van der Waals surface area (Å²) in [5, 5.41) is 2.91. The topological polar surface area (TPSA) is 56.8 Å². The molecule has 128 valence electrons. The minimum absolute atomic E-state index is 0.135. The highest BCUT2D eigenvalue weighted by Gasteiger charge is 2.14. The number of ether oxygens (including phenoxy) is 3. The zero-order chi connectivity index (χ0) is 17.7. The van der Waals surface area contributed by atoms with Crippen LogP contribution in [0.4, 0.5) is 5.69 Å². The minimum Gasteiger partial charge on any atom is -0.493 e. The van der Waals surface area contributed by atoms with Gasteiger partial charge >= 0.3 is 0 Å². The molecule has 0 unspecified atom stereocenters. The predicted molar refractivity (Wildman–Crippen MR) is 94.3 cm³/mol. The first-order valence-corrected chi connectivity index (χ1v) is 7.67. The fourth-order valence-corrected chi connectivity index (χ4v) is 2.65. The lowest BCUT2D eigenvalue weighted by molar-refractivity contribution is -0.118. The molecule has 2 rings (SSSR count). The van der Waals surface area contributed by atoms with Gasteiger partial charge in [0.1, 0.15) is 0 Å². The zero-order valence-corrected chi connectivity index (χ0v) is 14.7. The summed E-state index contributed by atoms with van der Waals surface area (Å²) < 4.78 is 16.1. The van der Waals surface area contributed by atoms with Crippen LogP contribution in [0.2, 0.25) is 0 Å². The normalized spacial score (nSPS) is 10.2. The van der Waals surface area contributed by atoms with Crippen LogP contribution in [0.3, 0.4) is 0 Å². The maximum absolute atomic E-state index is 12.3. The molecule has 0 fully saturated rings. The van der Waals surface area contributed by atoms with E-state index < -0.39 is 0 Å². The summed E-state index contributed by atoms with van der Waals surface area (Å²) in [6.07, 6.45) is 0. The van der Waals surface area contributed by atoms with E-state index >= 15 is 0 Å². The van der Waals surface area contributed by atoms with Crippen molar-refractivity contribution in [2.24, 2.45) is 0 Å². The fraction of sp³-hybridized carbons (Fsp3) is 0.316. The number of carbonyl (C=O) groups is 1. The molecule has 0 bridgehead atoms. The molecule has 0 radical (unpaired) electrons. The Kier molecular flexibility index (Phi) is 5.68. The molecule has 2 aromatic rings. The summed E-state index contributed by atoms with van der Waals surface area (Å²) in [6.45, 7) is 5.84. The van der Waals surface area contributed by atoms with E-state index in [1.807, 2.05) is 32.9 Å². The van der Waals surface area contributed by atoms with Crippen LogP contribution in [0.25, 0.3) is 0 Å². The van der Waals surface area contributed by atoms with E-state index in [0.29, 0.717) is 17.2 Å². The van der Waals surface area contributed by atoms with Crippen molar-refractivity contribution in [2.75, 3.05) is 26.1 Å². The summed E-state index contributed by atoms with van der Waals surface area (Å²) in [5.74, 6) is 1.21. The quantitative estimate of drug-likeness (QED) is 0.879. The Bertz CT molecular complexity index is 695. The third kappa shape index (κ3) is 3.98. The number of nitrogens with one attached hydrogen (secondary N) is 1. The largest absolute Gasteiger partial charge is 0.493 e. The molecular weight excluding hydrogens is 306 g/mol. The zero-order valence-electron chi connectivity index (χ0n) is 14.7. The van der Waals surface area contributed by atoms with E-state index in [2.05, 4.69) is 5.32 Å². The van der Waals surface area contributed by atoms with Crippen LogP contribution in [0.15, 0.2) is 30.3 Å². The molecule has 0 aliphatic heterocycles. The third-order valence-corrected chi connectivity index (χ3v) is 3.67. The van der Waals surface area contributed by atoms with Gasteiger partial charge in [-0.15, -0.1) is 0 Å². The molecule has 0 saturated heterocycles. The van der Waals surface area contributed by atoms with E-state index in [4.69, 9.17) is 14.2 Å². The van der Waals surface area contributed by atoms with Crippen molar-refractivity contribution in [3.8, 4) is 17.2 Å². The number of hydrogen-bond donors (Lipinski definition) is 1. The maximum atomic E-state index is 12.3. The molecule has 5 heteroatoms. The molecule has 1 N–H and O–H groups in total. The Hall–Kier alpha value is -2.69. The molecule has 0 atom stereocenters. The minimum atomic E-state index is -0.238. The van der Waals surface area contributed by atoms with Gasteiger partial charge in [0.2, 0.25) is 5.75 Å². The number of carbonyl (C=O) groups excluding carboxylic acids is 1. The smallest absolute Gasteiger partial charge is 0.262 e. The van der Waals surface area contributed by atoms with Crippen LogP contribution in [0.1, 0.15) is 16.7 Å². The Morgan fingerprint density at radius 2 is 1.54 bits per heavy atom. The van der Waals surface area contributed by atoms with Gasteiger partial charge in [0.25, 0.3) is 5.91 Å². The number of benzene rings is 2. The van der Waals surface area contributed by atoms with Crippen LogP contribution >= 0.6 is 0 Å². The SMILES string of the molecule is COc1cccc(OC)c1OCC(=O)Nc1c(C)cc(C)cc1C. The molecule has 0 aliphatic rings.